The molecule has 20 heteroatoms. The summed E-state index contributed by atoms with van der Waals surface area (Å²) in [5.41, 5.74) is 5.19. The van der Waals surface area contributed by atoms with Crippen LogP contribution in [0.5, 0.6) is 0 Å². The van der Waals surface area contributed by atoms with Gasteiger partial charge in [-0.2, -0.15) is 8.78 Å². The number of Topliss-reactive ketones (excluding diaryl/α,β-unsaturated/α-hetero) is 2. The van der Waals surface area contributed by atoms with Gasteiger partial charge in [0.1, 0.15) is 18.2 Å². The average Bonchev–Trinajstić information content (AvgIpc) is 3.96. The van der Waals surface area contributed by atoms with Crippen molar-refractivity contribution >= 4 is 45.2 Å². The van der Waals surface area contributed by atoms with Crippen molar-refractivity contribution in [2.24, 2.45) is 17.6 Å². The molecule has 2 heterocycles. The van der Waals surface area contributed by atoms with Crippen molar-refractivity contribution in [2.45, 2.75) is 132 Å². The third-order valence-electron chi connectivity index (χ3n) is 11.8. The Hall–Kier alpha value is -5.63. The molecule has 2 aliphatic rings. The van der Waals surface area contributed by atoms with Gasteiger partial charge in [-0.25, -0.2) is 17.9 Å². The number of sulfone groups is 1. The number of hydrogen-bond donors (Lipinski definition) is 4. The zero-order valence-electron chi connectivity index (χ0n) is 36.0. The molecule has 348 valence electrons. The largest absolute Gasteiger partial charge is 0.445 e. The van der Waals surface area contributed by atoms with Gasteiger partial charge in [0.15, 0.2) is 5.78 Å². The van der Waals surface area contributed by atoms with Crippen molar-refractivity contribution in [2.75, 3.05) is 13.1 Å². The summed E-state index contributed by atoms with van der Waals surface area (Å²) < 4.78 is 56.8. The van der Waals surface area contributed by atoms with Gasteiger partial charge in [0.25, 0.3) is 5.91 Å². The number of hydrogen-bond acceptors (Lipinski definition) is 12. The molecule has 1 saturated carbocycles. The van der Waals surface area contributed by atoms with Crippen LogP contribution in [0.4, 0.5) is 13.6 Å². The standard InChI is InChI=1S/C44H57F2N7O10S/c1-44(2,60)37-25-49-51-53(37)32-24-35(40(57)50-34(38(55)39(47)56)15-9-10-22-48-43(59)63-27-29-13-7-4-8-14-29)52(26-32)41(58)31(23-28-11-5-3-6-12-28)18-21-36(54)30-16-19-33(20-17-30)64(61,62)42(45)46/h4,7-8,13-14,16-17,19-20,25,28,31-32,34-35,42,60H,3,5-6,9-12,15,18,21-24,26-27H2,1-2H3,(H2,47,56)(H,48,59)(H,50,57)/t31-,32+,34?,35+/m1/s1. The summed E-state index contributed by atoms with van der Waals surface area (Å²) in [6.45, 7) is 3.26. The molecule has 4 amide bonds. The molecule has 2 fully saturated rings. The number of likely N-dealkylation sites (tertiary alicyclic amines) is 1. The number of halogens is 2. The smallest absolute Gasteiger partial charge is 0.407 e. The zero-order chi connectivity index (χ0) is 46.6. The van der Waals surface area contributed by atoms with Crippen molar-refractivity contribution in [3.8, 4) is 0 Å². The lowest BCUT2D eigenvalue weighted by atomic mass is 9.80. The Bertz CT molecular complexity index is 2210. The fourth-order valence-corrected chi connectivity index (χ4v) is 9.09. The van der Waals surface area contributed by atoms with Crippen LogP contribution in [0, 0.1) is 11.8 Å². The quantitative estimate of drug-likeness (QED) is 0.0617. The first-order valence-electron chi connectivity index (χ1n) is 21.5. The highest BCUT2D eigenvalue weighted by Gasteiger charge is 2.45. The molecule has 1 aliphatic heterocycles. The van der Waals surface area contributed by atoms with Gasteiger partial charge in [0, 0.05) is 37.4 Å². The highest BCUT2D eigenvalue weighted by molar-refractivity contribution is 7.91. The third kappa shape index (κ3) is 13.2. The van der Waals surface area contributed by atoms with E-state index in [1.54, 1.807) is 0 Å². The van der Waals surface area contributed by atoms with Crippen LogP contribution in [-0.4, -0.2) is 99.7 Å². The molecule has 5 rings (SSSR count). The van der Waals surface area contributed by atoms with Crippen molar-refractivity contribution in [3.63, 3.8) is 0 Å². The average molecular weight is 914 g/mol. The number of carbonyl (C=O) groups is 6. The Morgan fingerprint density at radius 1 is 0.969 bits per heavy atom. The van der Waals surface area contributed by atoms with E-state index in [1.165, 1.54) is 29.6 Å². The normalized spacial score (nSPS) is 18.0. The van der Waals surface area contributed by atoms with Gasteiger partial charge in [-0.05, 0) is 69.6 Å². The minimum atomic E-state index is -4.87. The molecule has 17 nitrogen and oxygen atoms in total. The van der Waals surface area contributed by atoms with Crippen molar-refractivity contribution < 1.29 is 55.8 Å². The molecular formula is C44H57F2N7O10S. The maximum absolute atomic E-state index is 14.9. The number of nitrogens with two attached hydrogens (primary N) is 1. The van der Waals surface area contributed by atoms with Crippen LogP contribution >= 0.6 is 0 Å². The molecule has 1 aliphatic carbocycles. The molecule has 0 radical (unpaired) electrons. The first-order valence-corrected chi connectivity index (χ1v) is 23.1. The second-order valence-corrected chi connectivity index (χ2v) is 18.9. The van der Waals surface area contributed by atoms with Crippen LogP contribution in [0.1, 0.15) is 119 Å². The summed E-state index contributed by atoms with van der Waals surface area (Å²) in [6, 6.07) is 10.1. The number of ketones is 2. The van der Waals surface area contributed by atoms with Gasteiger partial charge in [0.05, 0.1) is 28.9 Å². The Labute approximate surface area is 370 Å². The monoisotopic (exact) mass is 913 g/mol. The number of nitrogens with one attached hydrogen (secondary N) is 2. The van der Waals surface area contributed by atoms with Crippen LogP contribution < -0.4 is 16.4 Å². The van der Waals surface area contributed by atoms with E-state index in [0.717, 1.165) is 61.9 Å². The van der Waals surface area contributed by atoms with Crippen LogP contribution in [0.2, 0.25) is 0 Å². The number of benzene rings is 2. The number of amides is 4. The summed E-state index contributed by atoms with van der Waals surface area (Å²) >= 11 is 0. The molecule has 4 atom stereocenters. The van der Waals surface area contributed by atoms with Crippen LogP contribution in [0.15, 0.2) is 65.7 Å². The van der Waals surface area contributed by atoms with Gasteiger partial charge in [-0.1, -0.05) is 79.8 Å². The molecule has 5 N–H and O–H groups in total. The summed E-state index contributed by atoms with van der Waals surface area (Å²) in [6.07, 6.45) is 6.32. The second-order valence-electron chi connectivity index (χ2n) is 17.0. The SMILES string of the molecule is CC(C)(O)c1cnnn1[C@H]1C[C@@H](C(=O)NC(CCCCNC(=O)OCc2ccccc2)C(=O)C(N)=O)N(C(=O)[C@H](CCC(=O)c2ccc(S(=O)(=O)C(F)F)cc2)CC2CCCCC2)C1. The third-order valence-corrected chi connectivity index (χ3v) is 13.2. The Balaban J connectivity index is 1.33. The van der Waals surface area contributed by atoms with Crippen LogP contribution in [-0.2, 0) is 46.0 Å². The lowest BCUT2D eigenvalue weighted by Crippen LogP contribution is -2.53. The zero-order valence-corrected chi connectivity index (χ0v) is 36.8. The summed E-state index contributed by atoms with van der Waals surface area (Å²) in [4.78, 5) is 80.9. The highest BCUT2D eigenvalue weighted by Crippen LogP contribution is 2.36. The summed E-state index contributed by atoms with van der Waals surface area (Å²) in [5.74, 6) is -8.19. The van der Waals surface area contributed by atoms with E-state index in [4.69, 9.17) is 10.5 Å². The lowest BCUT2D eigenvalue weighted by Gasteiger charge is -2.32. The molecule has 3 aromatic rings. The number of primary amides is 1. The highest BCUT2D eigenvalue weighted by atomic mass is 32.2. The van der Waals surface area contributed by atoms with E-state index in [9.17, 15) is 51.1 Å². The number of carbonyl (C=O) groups excluding carboxylic acids is 6. The predicted molar refractivity (Wildman–Crippen MR) is 227 cm³/mol. The number of aliphatic hydroxyl groups is 1. The number of nitrogens with zero attached hydrogens (tertiary/aromatic N) is 4. The van der Waals surface area contributed by atoms with Crippen LogP contribution in [0.25, 0.3) is 0 Å². The Kier molecular flexibility index (Phi) is 17.2. The Morgan fingerprint density at radius 3 is 2.30 bits per heavy atom. The van der Waals surface area contributed by atoms with Crippen LogP contribution in [0.3, 0.4) is 0 Å². The van der Waals surface area contributed by atoms with Crippen molar-refractivity contribution in [1.29, 1.82) is 0 Å². The second kappa shape index (κ2) is 22.3. The first kappa shape index (κ1) is 49.4. The number of rotatable bonds is 22. The molecular weight excluding hydrogens is 857 g/mol. The van der Waals surface area contributed by atoms with E-state index in [1.807, 2.05) is 30.3 Å². The maximum atomic E-state index is 14.9. The van der Waals surface area contributed by atoms with Gasteiger partial charge in [0.2, 0.25) is 27.4 Å². The summed E-state index contributed by atoms with van der Waals surface area (Å²) in [5, 5.41) is 24.4. The molecule has 0 spiro atoms. The molecule has 0 bridgehead atoms. The fraction of sp³-hybridized carbons (Fsp3) is 0.545. The minimum Gasteiger partial charge on any atom is -0.445 e. The van der Waals surface area contributed by atoms with E-state index in [2.05, 4.69) is 20.9 Å². The minimum absolute atomic E-state index is 0.0144. The lowest BCUT2D eigenvalue weighted by molar-refractivity contribution is -0.143. The number of ether oxygens (including phenoxy) is 1. The molecule has 2 aromatic carbocycles. The van der Waals surface area contributed by atoms with E-state index >= 15 is 0 Å². The number of alkyl halides is 2. The first-order chi connectivity index (χ1) is 30.4. The topological polar surface area (TPSA) is 250 Å². The van der Waals surface area contributed by atoms with E-state index < -0.39 is 85.5 Å². The van der Waals surface area contributed by atoms with Gasteiger partial charge in [-0.15, -0.1) is 5.10 Å². The van der Waals surface area contributed by atoms with E-state index in [0.29, 0.717) is 18.5 Å². The van der Waals surface area contributed by atoms with Gasteiger partial charge >= 0.3 is 11.9 Å². The van der Waals surface area contributed by atoms with Gasteiger partial charge < -0.3 is 31.1 Å². The van der Waals surface area contributed by atoms with Crippen molar-refractivity contribution in [3.05, 3.63) is 77.6 Å². The predicted octanol–water partition coefficient (Wildman–Crippen LogP) is 4.53. The number of unbranched alkanes of at least 4 members (excludes halogenated alkanes) is 1. The van der Waals surface area contributed by atoms with E-state index in [-0.39, 0.29) is 63.3 Å². The van der Waals surface area contributed by atoms with Gasteiger partial charge in [-0.3, -0.25) is 24.0 Å². The maximum Gasteiger partial charge on any atom is 0.407 e. The molecule has 1 aromatic heterocycles. The molecule has 1 saturated heterocycles. The fourth-order valence-electron chi connectivity index (χ4n) is 8.37. The Morgan fingerprint density at radius 2 is 1.66 bits per heavy atom. The summed E-state index contributed by atoms with van der Waals surface area (Å²) in [7, 11) is -4.87. The number of alkyl carbamates (subject to hydrolysis) is 1. The number of aromatic nitrogens is 3. The molecule has 64 heavy (non-hydrogen) atoms. The molecule has 1 unspecified atom stereocenters. The van der Waals surface area contributed by atoms with Crippen molar-refractivity contribution in [1.82, 2.24) is 30.5 Å².